The van der Waals surface area contributed by atoms with Crippen molar-refractivity contribution in [2.75, 3.05) is 7.11 Å². The SMILES string of the molecule is C=CC(=O)Oc1cc(C=O)c(CC)c(OC)c1O. The highest BCUT2D eigenvalue weighted by Gasteiger charge is 2.19. The molecule has 1 N–H and O–H groups in total. The first-order valence-electron chi connectivity index (χ1n) is 5.31. The lowest BCUT2D eigenvalue weighted by atomic mass is 10.0. The first-order chi connectivity index (χ1) is 8.58. The molecule has 0 saturated carbocycles. The van der Waals surface area contributed by atoms with Crippen LogP contribution in [0.2, 0.25) is 0 Å². The van der Waals surface area contributed by atoms with E-state index in [0.717, 1.165) is 6.08 Å². The maximum atomic E-state index is 11.1. The third-order valence-corrected chi connectivity index (χ3v) is 2.42. The Hall–Kier alpha value is -2.30. The van der Waals surface area contributed by atoms with E-state index in [1.807, 2.05) is 6.92 Å². The van der Waals surface area contributed by atoms with Crippen LogP contribution >= 0.6 is 0 Å². The first kappa shape index (κ1) is 13.8. The topological polar surface area (TPSA) is 72.8 Å². The fourth-order valence-corrected chi connectivity index (χ4v) is 1.60. The van der Waals surface area contributed by atoms with E-state index in [0.29, 0.717) is 23.8 Å². The Bertz CT molecular complexity index is 491. The van der Waals surface area contributed by atoms with Gasteiger partial charge < -0.3 is 14.6 Å². The van der Waals surface area contributed by atoms with Crippen molar-refractivity contribution in [2.24, 2.45) is 0 Å². The minimum Gasteiger partial charge on any atom is -0.502 e. The van der Waals surface area contributed by atoms with Gasteiger partial charge >= 0.3 is 5.97 Å². The summed E-state index contributed by atoms with van der Waals surface area (Å²) in [4.78, 5) is 22.1. The van der Waals surface area contributed by atoms with Gasteiger partial charge in [0.25, 0.3) is 0 Å². The average molecular weight is 250 g/mol. The number of ether oxygens (including phenoxy) is 2. The van der Waals surface area contributed by atoms with Crippen LogP contribution in [-0.4, -0.2) is 24.5 Å². The number of phenols is 1. The van der Waals surface area contributed by atoms with Crippen LogP contribution in [0.4, 0.5) is 0 Å². The predicted molar refractivity (Wildman–Crippen MR) is 65.3 cm³/mol. The van der Waals surface area contributed by atoms with Crippen LogP contribution in [0.3, 0.4) is 0 Å². The molecule has 0 spiro atoms. The standard InChI is InChI=1S/C13H14O5/c1-4-9-8(7-14)6-10(18-11(15)5-2)12(16)13(9)17-3/h5-7,16H,2,4H2,1,3H3. The maximum Gasteiger partial charge on any atom is 0.335 e. The first-order valence-corrected chi connectivity index (χ1v) is 5.31. The number of hydrogen-bond donors (Lipinski definition) is 1. The summed E-state index contributed by atoms with van der Waals surface area (Å²) in [5.74, 6) is -1.03. The van der Waals surface area contributed by atoms with Gasteiger partial charge in [-0.05, 0) is 12.5 Å². The average Bonchev–Trinajstić information content (AvgIpc) is 2.39. The van der Waals surface area contributed by atoms with Crippen LogP contribution in [0, 0.1) is 0 Å². The summed E-state index contributed by atoms with van der Waals surface area (Å²) in [5.41, 5.74) is 0.863. The smallest absolute Gasteiger partial charge is 0.335 e. The fourth-order valence-electron chi connectivity index (χ4n) is 1.60. The molecule has 0 aliphatic heterocycles. The van der Waals surface area contributed by atoms with Crippen molar-refractivity contribution in [2.45, 2.75) is 13.3 Å². The quantitative estimate of drug-likeness (QED) is 0.374. The van der Waals surface area contributed by atoms with E-state index < -0.39 is 5.97 Å². The molecule has 0 aliphatic rings. The zero-order valence-corrected chi connectivity index (χ0v) is 10.2. The highest BCUT2D eigenvalue weighted by atomic mass is 16.5. The summed E-state index contributed by atoms with van der Waals surface area (Å²) in [6.07, 6.45) is 2.08. The normalized spacial score (nSPS) is 9.67. The molecular weight excluding hydrogens is 236 g/mol. The number of carbonyl (C=O) groups excluding carboxylic acids is 2. The Morgan fingerprint density at radius 2 is 2.22 bits per heavy atom. The number of rotatable bonds is 5. The number of methoxy groups -OCH3 is 1. The van der Waals surface area contributed by atoms with Gasteiger partial charge in [0.2, 0.25) is 5.75 Å². The van der Waals surface area contributed by atoms with Crippen molar-refractivity contribution in [1.82, 2.24) is 0 Å². The number of aldehydes is 1. The van der Waals surface area contributed by atoms with Gasteiger partial charge in [0.1, 0.15) is 0 Å². The molecule has 0 saturated heterocycles. The molecule has 1 aromatic rings. The second-order valence-electron chi connectivity index (χ2n) is 3.42. The van der Waals surface area contributed by atoms with Crippen molar-refractivity contribution < 1.29 is 24.2 Å². The molecule has 0 aliphatic carbocycles. The van der Waals surface area contributed by atoms with Crippen LogP contribution in [0.5, 0.6) is 17.2 Å². The van der Waals surface area contributed by atoms with Gasteiger partial charge in [-0.2, -0.15) is 0 Å². The summed E-state index contributed by atoms with van der Waals surface area (Å²) < 4.78 is 9.87. The molecule has 0 heterocycles. The van der Waals surface area contributed by atoms with Crippen LogP contribution in [-0.2, 0) is 11.2 Å². The molecule has 1 aromatic carbocycles. The van der Waals surface area contributed by atoms with Gasteiger partial charge in [-0.15, -0.1) is 0 Å². The van der Waals surface area contributed by atoms with E-state index in [1.165, 1.54) is 13.2 Å². The molecule has 0 amide bonds. The highest BCUT2D eigenvalue weighted by molar-refractivity contribution is 5.86. The molecule has 18 heavy (non-hydrogen) atoms. The van der Waals surface area contributed by atoms with Gasteiger partial charge in [-0.1, -0.05) is 13.5 Å². The van der Waals surface area contributed by atoms with Gasteiger partial charge in [0.15, 0.2) is 17.8 Å². The van der Waals surface area contributed by atoms with E-state index in [2.05, 4.69) is 6.58 Å². The van der Waals surface area contributed by atoms with Crippen molar-refractivity contribution >= 4 is 12.3 Å². The minimum atomic E-state index is -0.728. The molecule has 96 valence electrons. The zero-order chi connectivity index (χ0) is 13.7. The van der Waals surface area contributed by atoms with E-state index in [4.69, 9.17) is 9.47 Å². The summed E-state index contributed by atoms with van der Waals surface area (Å²) in [6, 6.07) is 1.30. The van der Waals surface area contributed by atoms with Gasteiger partial charge in [-0.25, -0.2) is 4.79 Å². The Labute approximate surface area is 105 Å². The third kappa shape index (κ3) is 2.51. The third-order valence-electron chi connectivity index (χ3n) is 2.42. The predicted octanol–water partition coefficient (Wildman–Crippen LogP) is 1.87. The molecule has 0 fully saturated rings. The molecule has 1 rings (SSSR count). The molecule has 5 nitrogen and oxygen atoms in total. The van der Waals surface area contributed by atoms with Gasteiger partial charge in [0, 0.05) is 17.2 Å². The van der Waals surface area contributed by atoms with Crippen LogP contribution < -0.4 is 9.47 Å². The monoisotopic (exact) mass is 250 g/mol. The largest absolute Gasteiger partial charge is 0.502 e. The summed E-state index contributed by atoms with van der Waals surface area (Å²) in [5, 5.41) is 9.91. The fraction of sp³-hybridized carbons (Fsp3) is 0.231. The molecule has 5 heteroatoms. The van der Waals surface area contributed by atoms with Gasteiger partial charge in [0.05, 0.1) is 7.11 Å². The Morgan fingerprint density at radius 3 is 2.67 bits per heavy atom. The Kier molecular flexibility index (Phi) is 4.48. The Morgan fingerprint density at radius 1 is 1.56 bits per heavy atom. The second-order valence-corrected chi connectivity index (χ2v) is 3.42. The van der Waals surface area contributed by atoms with Crippen LogP contribution in [0.25, 0.3) is 0 Å². The lowest BCUT2D eigenvalue weighted by molar-refractivity contribution is -0.129. The van der Waals surface area contributed by atoms with Crippen LogP contribution in [0.15, 0.2) is 18.7 Å². The minimum absolute atomic E-state index is 0.129. The van der Waals surface area contributed by atoms with E-state index in [9.17, 15) is 14.7 Å². The zero-order valence-electron chi connectivity index (χ0n) is 10.2. The lowest BCUT2D eigenvalue weighted by Crippen LogP contribution is -2.06. The van der Waals surface area contributed by atoms with E-state index in [1.54, 1.807) is 0 Å². The molecule has 0 bridgehead atoms. The number of carbonyl (C=O) groups is 2. The lowest BCUT2D eigenvalue weighted by Gasteiger charge is -2.14. The molecule has 0 radical (unpaired) electrons. The summed E-state index contributed by atoms with van der Waals surface area (Å²) >= 11 is 0. The van der Waals surface area contributed by atoms with Crippen molar-refractivity contribution in [3.05, 3.63) is 29.8 Å². The van der Waals surface area contributed by atoms with Gasteiger partial charge in [-0.3, -0.25) is 4.79 Å². The molecular formula is C13H14O5. The summed E-state index contributed by atoms with van der Waals surface area (Å²) in [7, 11) is 1.36. The van der Waals surface area contributed by atoms with Crippen molar-refractivity contribution in [3.8, 4) is 17.2 Å². The number of aromatic hydroxyl groups is 1. The maximum absolute atomic E-state index is 11.1. The molecule has 0 aromatic heterocycles. The Balaban J connectivity index is 3.41. The molecule has 0 unspecified atom stereocenters. The van der Waals surface area contributed by atoms with Crippen molar-refractivity contribution in [1.29, 1.82) is 0 Å². The number of phenolic OH excluding ortho intramolecular Hbond substituents is 1. The second kappa shape index (κ2) is 5.86. The number of benzene rings is 1. The van der Waals surface area contributed by atoms with E-state index in [-0.39, 0.29) is 17.2 Å². The number of hydrogen-bond acceptors (Lipinski definition) is 5. The van der Waals surface area contributed by atoms with Crippen molar-refractivity contribution in [3.63, 3.8) is 0 Å². The van der Waals surface area contributed by atoms with Crippen LogP contribution in [0.1, 0.15) is 22.8 Å². The highest BCUT2D eigenvalue weighted by Crippen LogP contribution is 2.41. The molecule has 0 atom stereocenters. The summed E-state index contributed by atoms with van der Waals surface area (Å²) in [6.45, 7) is 5.07. The van der Waals surface area contributed by atoms with E-state index >= 15 is 0 Å². The number of esters is 1.